The van der Waals surface area contributed by atoms with Crippen molar-refractivity contribution in [1.29, 1.82) is 0 Å². The molecule has 6 atom stereocenters. The van der Waals surface area contributed by atoms with E-state index in [4.69, 9.17) is 0 Å². The Morgan fingerprint density at radius 3 is 2.57 bits per heavy atom. The third-order valence-electron chi connectivity index (χ3n) is 7.89. The van der Waals surface area contributed by atoms with Crippen molar-refractivity contribution in [2.24, 2.45) is 28.6 Å². The molecule has 3 nitrogen and oxygen atoms in total. The first-order valence-corrected chi connectivity index (χ1v) is 9.18. The molecule has 0 unspecified atom stereocenters. The van der Waals surface area contributed by atoms with Gasteiger partial charge in [-0.2, -0.15) is 0 Å². The summed E-state index contributed by atoms with van der Waals surface area (Å²) >= 11 is 0. The van der Waals surface area contributed by atoms with Crippen LogP contribution in [0.1, 0.15) is 58.8 Å². The molecule has 2 fully saturated rings. The number of allylic oxidation sites excluding steroid dienone is 2. The lowest BCUT2D eigenvalue weighted by Gasteiger charge is -2.57. The van der Waals surface area contributed by atoms with E-state index in [1.165, 1.54) is 5.57 Å². The molecule has 0 saturated heterocycles. The van der Waals surface area contributed by atoms with Gasteiger partial charge in [-0.1, -0.05) is 31.6 Å². The van der Waals surface area contributed by atoms with Crippen molar-refractivity contribution in [2.75, 3.05) is 0 Å². The molecule has 126 valence electrons. The predicted octanol–water partition coefficient (Wildman–Crippen LogP) is 3.93. The molecule has 0 heterocycles. The monoisotopic (exact) mass is 316 g/mol. The number of carboxylic acids is 1. The second kappa shape index (κ2) is 4.95. The van der Waals surface area contributed by atoms with Gasteiger partial charge in [-0.05, 0) is 68.1 Å². The minimum Gasteiger partial charge on any atom is -0.478 e. The van der Waals surface area contributed by atoms with E-state index < -0.39 is 5.97 Å². The molecule has 2 N–H and O–H groups in total. The molecule has 0 bridgehead atoms. The molecule has 0 aromatic heterocycles. The molecule has 0 aromatic carbocycles. The van der Waals surface area contributed by atoms with Crippen LogP contribution in [0, 0.1) is 28.6 Å². The first-order valence-electron chi connectivity index (χ1n) is 9.18. The summed E-state index contributed by atoms with van der Waals surface area (Å²) in [7, 11) is 0. The molecule has 4 rings (SSSR count). The first-order chi connectivity index (χ1) is 10.9. The van der Waals surface area contributed by atoms with E-state index in [-0.39, 0.29) is 16.9 Å². The van der Waals surface area contributed by atoms with Gasteiger partial charge in [-0.25, -0.2) is 4.79 Å². The fraction of sp³-hybridized carbons (Fsp3) is 0.750. The van der Waals surface area contributed by atoms with Crippen LogP contribution in [-0.2, 0) is 4.79 Å². The number of carboxylic acid groups (broad SMARTS) is 1. The highest BCUT2D eigenvalue weighted by molar-refractivity contribution is 5.89. The van der Waals surface area contributed by atoms with Crippen molar-refractivity contribution in [3.8, 4) is 0 Å². The van der Waals surface area contributed by atoms with Crippen molar-refractivity contribution >= 4 is 5.97 Å². The minimum atomic E-state index is -0.715. The Morgan fingerprint density at radius 1 is 1.09 bits per heavy atom. The minimum absolute atomic E-state index is 0.136. The van der Waals surface area contributed by atoms with E-state index in [1.54, 1.807) is 0 Å². The zero-order valence-corrected chi connectivity index (χ0v) is 14.2. The highest BCUT2D eigenvalue weighted by Crippen LogP contribution is 2.64. The third-order valence-corrected chi connectivity index (χ3v) is 7.89. The summed E-state index contributed by atoms with van der Waals surface area (Å²) in [5.74, 6) is 1.03. The van der Waals surface area contributed by atoms with Crippen molar-refractivity contribution < 1.29 is 15.0 Å². The van der Waals surface area contributed by atoms with Crippen LogP contribution in [-0.4, -0.2) is 22.3 Å². The van der Waals surface area contributed by atoms with Gasteiger partial charge in [0.15, 0.2) is 0 Å². The van der Waals surface area contributed by atoms with Crippen LogP contribution < -0.4 is 0 Å². The van der Waals surface area contributed by atoms with Gasteiger partial charge in [0.1, 0.15) is 0 Å². The molecular weight excluding hydrogens is 288 g/mol. The van der Waals surface area contributed by atoms with Crippen LogP contribution in [0.4, 0.5) is 0 Å². The smallest absolute Gasteiger partial charge is 0.331 e. The van der Waals surface area contributed by atoms with Crippen molar-refractivity contribution in [1.82, 2.24) is 0 Å². The van der Waals surface area contributed by atoms with E-state index >= 15 is 0 Å². The highest BCUT2D eigenvalue weighted by Gasteiger charge is 2.57. The van der Waals surface area contributed by atoms with Crippen molar-refractivity contribution in [2.45, 2.75) is 64.9 Å². The van der Waals surface area contributed by atoms with Crippen molar-refractivity contribution in [3.63, 3.8) is 0 Å². The quantitative estimate of drug-likeness (QED) is 0.721. The van der Waals surface area contributed by atoms with E-state index in [0.717, 1.165) is 44.9 Å². The van der Waals surface area contributed by atoms with Gasteiger partial charge < -0.3 is 10.2 Å². The Morgan fingerprint density at radius 2 is 1.83 bits per heavy atom. The summed E-state index contributed by atoms with van der Waals surface area (Å²) in [5, 5.41) is 19.6. The number of aliphatic carboxylic acids is 1. The molecule has 23 heavy (non-hydrogen) atoms. The average molecular weight is 316 g/mol. The molecule has 4 aliphatic rings. The number of fused-ring (bicyclic) bond motifs is 5. The molecule has 2 saturated carbocycles. The lowest BCUT2D eigenvalue weighted by atomic mass is 9.47. The molecule has 0 amide bonds. The van der Waals surface area contributed by atoms with Crippen molar-refractivity contribution in [3.05, 3.63) is 23.3 Å². The highest BCUT2D eigenvalue weighted by atomic mass is 16.4. The fourth-order valence-corrected chi connectivity index (χ4v) is 6.54. The number of hydrogen-bond acceptors (Lipinski definition) is 2. The van der Waals surface area contributed by atoms with Crippen LogP contribution in [0.5, 0.6) is 0 Å². The SMILES string of the molecule is C[C@]12CC[C@@H](O)CC1=CC[C@H]1[C@H]2CC[C@]2(C)C(C(=O)O)=CC[C@H]12. The second-order valence-electron chi connectivity index (χ2n) is 8.77. The zero-order chi connectivity index (χ0) is 16.4. The van der Waals surface area contributed by atoms with Crippen LogP contribution >= 0.6 is 0 Å². The number of rotatable bonds is 1. The van der Waals surface area contributed by atoms with Gasteiger partial charge in [-0.3, -0.25) is 0 Å². The van der Waals surface area contributed by atoms with Crippen LogP contribution in [0.15, 0.2) is 23.3 Å². The molecule has 0 radical (unpaired) electrons. The van der Waals surface area contributed by atoms with Gasteiger partial charge in [0, 0.05) is 11.0 Å². The molecule has 0 aromatic rings. The summed E-state index contributed by atoms with van der Waals surface area (Å²) in [6.45, 7) is 4.59. The van der Waals surface area contributed by atoms with E-state index in [2.05, 4.69) is 19.9 Å². The van der Waals surface area contributed by atoms with E-state index in [1.807, 2.05) is 6.08 Å². The average Bonchev–Trinajstić information content (AvgIpc) is 2.85. The zero-order valence-electron chi connectivity index (χ0n) is 14.2. The Bertz CT molecular complexity index is 604. The number of carbonyl (C=O) groups is 1. The number of aliphatic hydroxyl groups is 1. The first kappa shape index (κ1) is 15.4. The van der Waals surface area contributed by atoms with Gasteiger partial charge in [0.2, 0.25) is 0 Å². The Hall–Kier alpha value is -1.09. The van der Waals surface area contributed by atoms with E-state index in [9.17, 15) is 15.0 Å². The number of hydrogen-bond donors (Lipinski definition) is 2. The lowest BCUT2D eigenvalue weighted by molar-refractivity contribution is -0.135. The Balaban J connectivity index is 1.67. The Kier molecular flexibility index (Phi) is 3.32. The van der Waals surface area contributed by atoms with Crippen LogP contribution in [0.2, 0.25) is 0 Å². The summed E-state index contributed by atoms with van der Waals surface area (Å²) in [6, 6.07) is 0. The summed E-state index contributed by atoms with van der Waals surface area (Å²) in [4.78, 5) is 11.6. The standard InChI is InChI=1S/C20H28O3/c1-19-9-7-13(21)11-12(19)3-4-14-15-5-6-17(18(22)23)20(15,2)10-8-16(14)19/h3,6,13-16,21H,4-5,7-11H2,1-2H3,(H,22,23)/t13-,14-,15-,16-,19+,20+/m1/s1. The third kappa shape index (κ3) is 2.02. The largest absolute Gasteiger partial charge is 0.478 e. The maximum Gasteiger partial charge on any atom is 0.331 e. The number of aliphatic hydroxyl groups excluding tert-OH is 1. The topological polar surface area (TPSA) is 57.5 Å². The van der Waals surface area contributed by atoms with E-state index in [0.29, 0.717) is 23.3 Å². The maximum atomic E-state index is 11.6. The van der Waals surface area contributed by atoms with Gasteiger partial charge in [0.25, 0.3) is 0 Å². The fourth-order valence-electron chi connectivity index (χ4n) is 6.54. The summed E-state index contributed by atoms with van der Waals surface area (Å²) < 4.78 is 0. The molecular formula is C20H28O3. The normalized spacial score (nSPS) is 48.7. The van der Waals surface area contributed by atoms with Gasteiger partial charge in [-0.15, -0.1) is 0 Å². The second-order valence-corrected chi connectivity index (χ2v) is 8.77. The summed E-state index contributed by atoms with van der Waals surface area (Å²) in [6.07, 6.45) is 11.2. The van der Waals surface area contributed by atoms with Gasteiger partial charge in [0.05, 0.1) is 6.10 Å². The molecule has 4 aliphatic carbocycles. The molecule has 3 heteroatoms. The van der Waals surface area contributed by atoms with Crippen LogP contribution in [0.3, 0.4) is 0 Å². The summed E-state index contributed by atoms with van der Waals surface area (Å²) in [5.41, 5.74) is 2.24. The molecule has 0 spiro atoms. The van der Waals surface area contributed by atoms with Gasteiger partial charge >= 0.3 is 5.97 Å². The maximum absolute atomic E-state index is 11.6. The Labute approximate surface area is 138 Å². The lowest BCUT2D eigenvalue weighted by Crippen LogP contribution is -2.50. The predicted molar refractivity (Wildman–Crippen MR) is 88.8 cm³/mol. The van der Waals surface area contributed by atoms with Crippen LogP contribution in [0.25, 0.3) is 0 Å². The molecule has 0 aliphatic heterocycles.